The summed E-state index contributed by atoms with van der Waals surface area (Å²) in [6, 6.07) is 16.5. The number of pyridine rings is 1. The largest absolute Gasteiger partial charge is 0.348 e. The molecule has 2 aromatic rings. The smallest absolute Gasteiger partial charge is 0.127 e. The maximum atomic E-state index is 4.58. The first-order valence-corrected chi connectivity index (χ1v) is 7.94. The Hall–Kier alpha value is -2.46. The van der Waals surface area contributed by atoms with E-state index in [1.807, 2.05) is 42.6 Å². The highest BCUT2D eigenvalue weighted by Crippen LogP contribution is 2.24. The van der Waals surface area contributed by atoms with Crippen molar-refractivity contribution in [1.29, 1.82) is 0 Å². The summed E-state index contributed by atoms with van der Waals surface area (Å²) in [5.41, 5.74) is 1.81. The molecule has 23 heavy (non-hydrogen) atoms. The molecule has 0 amide bonds. The fraction of sp³-hybridized carbons (Fsp3) is 0.263. The summed E-state index contributed by atoms with van der Waals surface area (Å²) in [4.78, 5) is 8.98. The Bertz CT molecular complexity index is 692. The number of aliphatic imine (C=N–C) groups is 1. The van der Waals surface area contributed by atoms with Crippen LogP contribution in [-0.2, 0) is 0 Å². The third-order valence-electron chi connectivity index (χ3n) is 3.70. The highest BCUT2D eigenvalue weighted by atomic mass is 15.2. The standard InChI is InChI=1S/C19H22N4/c1-15(2)22-19(23-18-10-6-7-12-21-18)11-13-20-17(14-19)16-8-4-3-5-9-16/h3-13,15,22H,14H2,1-2H3,(H,21,23). The highest BCUT2D eigenvalue weighted by Gasteiger charge is 2.32. The fourth-order valence-electron chi connectivity index (χ4n) is 2.83. The average Bonchev–Trinajstić information content (AvgIpc) is 2.56. The summed E-state index contributed by atoms with van der Waals surface area (Å²) in [6.07, 6.45) is 6.50. The fourth-order valence-corrected chi connectivity index (χ4v) is 2.83. The molecule has 0 saturated heterocycles. The van der Waals surface area contributed by atoms with Crippen molar-refractivity contribution < 1.29 is 0 Å². The first-order chi connectivity index (χ1) is 11.2. The molecule has 1 aromatic carbocycles. The molecule has 0 radical (unpaired) electrons. The van der Waals surface area contributed by atoms with E-state index in [1.165, 1.54) is 0 Å². The summed E-state index contributed by atoms with van der Waals surface area (Å²) in [7, 11) is 0. The van der Waals surface area contributed by atoms with Crippen LogP contribution >= 0.6 is 0 Å². The van der Waals surface area contributed by atoms with Gasteiger partial charge in [-0.2, -0.15) is 0 Å². The van der Waals surface area contributed by atoms with Gasteiger partial charge >= 0.3 is 0 Å². The SMILES string of the molecule is CC(C)NC1(Nc2ccccn2)C=CN=C(c2ccccc2)C1. The van der Waals surface area contributed by atoms with E-state index in [1.54, 1.807) is 6.20 Å². The third-order valence-corrected chi connectivity index (χ3v) is 3.70. The molecule has 0 saturated carbocycles. The predicted octanol–water partition coefficient (Wildman–Crippen LogP) is 3.59. The Morgan fingerprint density at radius 2 is 1.83 bits per heavy atom. The Morgan fingerprint density at radius 1 is 1.04 bits per heavy atom. The van der Waals surface area contributed by atoms with E-state index in [0.29, 0.717) is 6.04 Å². The van der Waals surface area contributed by atoms with Crippen molar-refractivity contribution in [3.05, 3.63) is 72.6 Å². The van der Waals surface area contributed by atoms with E-state index in [0.717, 1.165) is 23.5 Å². The molecule has 2 N–H and O–H groups in total. The molecule has 2 heterocycles. The summed E-state index contributed by atoms with van der Waals surface area (Å²) in [6.45, 7) is 4.28. The van der Waals surface area contributed by atoms with Gasteiger partial charge < -0.3 is 5.32 Å². The van der Waals surface area contributed by atoms with Gasteiger partial charge in [0.1, 0.15) is 11.5 Å². The van der Waals surface area contributed by atoms with Gasteiger partial charge in [-0.3, -0.25) is 10.3 Å². The molecule has 0 spiro atoms. The molecule has 1 aliphatic rings. The number of hydrogen-bond acceptors (Lipinski definition) is 4. The zero-order valence-electron chi connectivity index (χ0n) is 13.5. The van der Waals surface area contributed by atoms with Gasteiger partial charge in [-0.25, -0.2) is 4.98 Å². The molecule has 4 heteroatoms. The average molecular weight is 306 g/mol. The van der Waals surface area contributed by atoms with Crippen molar-refractivity contribution in [3.63, 3.8) is 0 Å². The second kappa shape index (κ2) is 6.75. The minimum atomic E-state index is -0.393. The summed E-state index contributed by atoms with van der Waals surface area (Å²) in [5, 5.41) is 7.16. The zero-order chi connectivity index (χ0) is 16.1. The van der Waals surface area contributed by atoms with Gasteiger partial charge in [-0.15, -0.1) is 0 Å². The van der Waals surface area contributed by atoms with Gasteiger partial charge in [0.2, 0.25) is 0 Å². The van der Waals surface area contributed by atoms with Gasteiger partial charge in [0, 0.05) is 24.9 Å². The highest BCUT2D eigenvalue weighted by molar-refractivity contribution is 6.02. The van der Waals surface area contributed by atoms with E-state index >= 15 is 0 Å². The first-order valence-electron chi connectivity index (χ1n) is 7.94. The van der Waals surface area contributed by atoms with Crippen molar-refractivity contribution in [2.45, 2.75) is 32.0 Å². The lowest BCUT2D eigenvalue weighted by atomic mass is 9.94. The molecular formula is C19H22N4. The van der Waals surface area contributed by atoms with Crippen LogP contribution in [0.4, 0.5) is 5.82 Å². The van der Waals surface area contributed by atoms with Gasteiger partial charge in [-0.05, 0) is 37.6 Å². The minimum Gasteiger partial charge on any atom is -0.348 e. The number of nitrogens with one attached hydrogen (secondary N) is 2. The lowest BCUT2D eigenvalue weighted by molar-refractivity contribution is 0.414. The monoisotopic (exact) mass is 306 g/mol. The molecule has 1 aliphatic heterocycles. The van der Waals surface area contributed by atoms with Crippen LogP contribution in [0.15, 0.2) is 72.0 Å². The molecule has 118 valence electrons. The Labute approximate surface area is 137 Å². The van der Waals surface area contributed by atoms with Crippen molar-refractivity contribution in [3.8, 4) is 0 Å². The lowest BCUT2D eigenvalue weighted by Crippen LogP contribution is -2.55. The topological polar surface area (TPSA) is 49.3 Å². The summed E-state index contributed by atoms with van der Waals surface area (Å²) < 4.78 is 0. The van der Waals surface area contributed by atoms with Crippen molar-refractivity contribution >= 4 is 11.5 Å². The zero-order valence-corrected chi connectivity index (χ0v) is 13.5. The predicted molar refractivity (Wildman–Crippen MR) is 95.6 cm³/mol. The van der Waals surface area contributed by atoms with Crippen molar-refractivity contribution in [1.82, 2.24) is 10.3 Å². The number of rotatable bonds is 5. The van der Waals surface area contributed by atoms with E-state index in [-0.39, 0.29) is 0 Å². The van der Waals surface area contributed by atoms with Crippen molar-refractivity contribution in [2.24, 2.45) is 4.99 Å². The van der Waals surface area contributed by atoms with Gasteiger partial charge in [-0.1, -0.05) is 36.4 Å². The van der Waals surface area contributed by atoms with E-state index in [2.05, 4.69) is 52.7 Å². The molecule has 1 aromatic heterocycles. The normalized spacial score (nSPS) is 20.4. The van der Waals surface area contributed by atoms with Crippen LogP contribution in [0.25, 0.3) is 0 Å². The Morgan fingerprint density at radius 3 is 2.52 bits per heavy atom. The lowest BCUT2D eigenvalue weighted by Gasteiger charge is -2.37. The second-order valence-electron chi connectivity index (χ2n) is 6.04. The molecule has 1 atom stereocenters. The molecule has 1 unspecified atom stereocenters. The van der Waals surface area contributed by atoms with Crippen LogP contribution in [0.5, 0.6) is 0 Å². The number of nitrogens with zero attached hydrogens (tertiary/aromatic N) is 2. The third kappa shape index (κ3) is 3.85. The number of aromatic nitrogens is 1. The van der Waals surface area contributed by atoms with E-state index < -0.39 is 5.66 Å². The molecule has 0 bridgehead atoms. The first kappa shape index (κ1) is 15.4. The second-order valence-corrected chi connectivity index (χ2v) is 6.04. The van der Waals surface area contributed by atoms with Gasteiger partial charge in [0.15, 0.2) is 0 Å². The van der Waals surface area contributed by atoms with Crippen LogP contribution in [0.3, 0.4) is 0 Å². The molecule has 0 fully saturated rings. The maximum absolute atomic E-state index is 4.58. The molecular weight excluding hydrogens is 284 g/mol. The Kier molecular flexibility index (Phi) is 4.53. The van der Waals surface area contributed by atoms with E-state index in [9.17, 15) is 0 Å². The van der Waals surface area contributed by atoms with Crippen LogP contribution < -0.4 is 10.6 Å². The van der Waals surface area contributed by atoms with Gasteiger partial charge in [0.25, 0.3) is 0 Å². The van der Waals surface area contributed by atoms with Crippen molar-refractivity contribution in [2.75, 3.05) is 5.32 Å². The minimum absolute atomic E-state index is 0.325. The van der Waals surface area contributed by atoms with Crippen LogP contribution in [0, 0.1) is 0 Å². The van der Waals surface area contributed by atoms with Crippen LogP contribution in [-0.4, -0.2) is 22.4 Å². The summed E-state index contributed by atoms with van der Waals surface area (Å²) >= 11 is 0. The van der Waals surface area contributed by atoms with E-state index in [4.69, 9.17) is 0 Å². The van der Waals surface area contributed by atoms with Crippen LogP contribution in [0.2, 0.25) is 0 Å². The van der Waals surface area contributed by atoms with Gasteiger partial charge in [0.05, 0.1) is 5.71 Å². The number of benzene rings is 1. The van der Waals surface area contributed by atoms with Crippen LogP contribution in [0.1, 0.15) is 25.8 Å². The quantitative estimate of drug-likeness (QED) is 0.830. The Balaban J connectivity index is 1.88. The summed E-state index contributed by atoms with van der Waals surface area (Å²) in [5.74, 6) is 0.847. The number of anilines is 1. The molecule has 4 nitrogen and oxygen atoms in total. The number of hydrogen-bond donors (Lipinski definition) is 2. The molecule has 0 aliphatic carbocycles. The molecule has 3 rings (SSSR count). The maximum Gasteiger partial charge on any atom is 0.127 e.